The standard InChI is InChI=1S/C25H34N6O4S/c1-17(2)29-36(34,35)30-21(15-18-7-4-3-5-8-18)25(33)31-14-6-9-22(31)24(32)28-16-19-10-12-20(13-11-19)23(26)27/h3-5,7-8,10-13,17,21-22,29-30H,6,9,14-16H2,1-2H3,(H3,26,27)(H,28,32)/t21-,22+/m1/s1. The number of carbonyl (C=O) groups excluding carboxylic acids is 2. The quantitative estimate of drug-likeness (QED) is 0.223. The van der Waals surface area contributed by atoms with Crippen LogP contribution in [0, 0.1) is 5.41 Å². The van der Waals surface area contributed by atoms with Crippen LogP contribution < -0.4 is 20.5 Å². The van der Waals surface area contributed by atoms with Gasteiger partial charge >= 0.3 is 0 Å². The maximum atomic E-state index is 13.6. The van der Waals surface area contributed by atoms with Crippen molar-refractivity contribution < 1.29 is 18.0 Å². The maximum Gasteiger partial charge on any atom is 0.277 e. The number of hydrogen-bond acceptors (Lipinski definition) is 5. The van der Waals surface area contributed by atoms with E-state index in [9.17, 15) is 18.0 Å². The van der Waals surface area contributed by atoms with E-state index in [1.807, 2.05) is 30.3 Å². The first-order chi connectivity index (χ1) is 17.1. The molecule has 3 rings (SSSR count). The fraction of sp³-hybridized carbons (Fsp3) is 0.400. The van der Waals surface area contributed by atoms with Crippen molar-refractivity contribution >= 4 is 27.9 Å². The number of nitrogens with two attached hydrogens (primary N) is 1. The predicted octanol–water partition coefficient (Wildman–Crippen LogP) is 1.02. The Morgan fingerprint density at radius 2 is 1.72 bits per heavy atom. The van der Waals surface area contributed by atoms with E-state index in [0.717, 1.165) is 11.1 Å². The number of carbonyl (C=O) groups is 2. The molecule has 2 atom stereocenters. The van der Waals surface area contributed by atoms with E-state index in [1.165, 1.54) is 4.90 Å². The van der Waals surface area contributed by atoms with E-state index in [-0.39, 0.29) is 30.8 Å². The van der Waals surface area contributed by atoms with Gasteiger partial charge in [-0.1, -0.05) is 54.6 Å². The molecule has 1 aliphatic heterocycles. The summed E-state index contributed by atoms with van der Waals surface area (Å²) in [7, 11) is -3.94. The molecule has 0 radical (unpaired) electrons. The number of nitrogens with one attached hydrogen (secondary N) is 4. The van der Waals surface area contributed by atoms with E-state index >= 15 is 0 Å². The lowest BCUT2D eigenvalue weighted by Crippen LogP contribution is -2.56. The highest BCUT2D eigenvalue weighted by molar-refractivity contribution is 7.87. The minimum Gasteiger partial charge on any atom is -0.384 e. The normalized spacial score (nSPS) is 16.6. The van der Waals surface area contributed by atoms with Crippen LogP contribution in [-0.4, -0.2) is 55.6 Å². The molecule has 0 unspecified atom stereocenters. The Morgan fingerprint density at radius 3 is 2.33 bits per heavy atom. The number of nitrogen functional groups attached to an aromatic ring is 1. The van der Waals surface area contributed by atoms with Crippen LogP contribution in [0.3, 0.4) is 0 Å². The molecule has 2 amide bonds. The van der Waals surface area contributed by atoms with Gasteiger partial charge in [-0.05, 0) is 44.2 Å². The molecule has 0 aliphatic carbocycles. The van der Waals surface area contributed by atoms with Crippen molar-refractivity contribution in [3.63, 3.8) is 0 Å². The van der Waals surface area contributed by atoms with Gasteiger partial charge < -0.3 is 16.0 Å². The highest BCUT2D eigenvalue weighted by atomic mass is 32.2. The van der Waals surface area contributed by atoms with Crippen LogP contribution >= 0.6 is 0 Å². The second kappa shape index (κ2) is 12.1. The van der Waals surface area contributed by atoms with Gasteiger partial charge in [-0.3, -0.25) is 15.0 Å². The van der Waals surface area contributed by atoms with Gasteiger partial charge in [-0.15, -0.1) is 0 Å². The Morgan fingerprint density at radius 1 is 1.06 bits per heavy atom. The van der Waals surface area contributed by atoms with Gasteiger partial charge in [-0.2, -0.15) is 17.9 Å². The highest BCUT2D eigenvalue weighted by Crippen LogP contribution is 2.20. The maximum absolute atomic E-state index is 13.6. The van der Waals surface area contributed by atoms with E-state index < -0.39 is 28.2 Å². The number of likely N-dealkylation sites (tertiary alicyclic amines) is 1. The van der Waals surface area contributed by atoms with Gasteiger partial charge in [0.15, 0.2) is 0 Å². The molecule has 2 aromatic rings. The first-order valence-electron chi connectivity index (χ1n) is 11.9. The molecule has 36 heavy (non-hydrogen) atoms. The molecule has 6 N–H and O–H groups in total. The third-order valence-electron chi connectivity index (χ3n) is 5.84. The second-order valence-electron chi connectivity index (χ2n) is 9.15. The molecular weight excluding hydrogens is 480 g/mol. The molecule has 0 bridgehead atoms. The van der Waals surface area contributed by atoms with Crippen molar-refractivity contribution in [3.05, 3.63) is 71.3 Å². The average Bonchev–Trinajstić information content (AvgIpc) is 3.31. The zero-order valence-electron chi connectivity index (χ0n) is 20.5. The lowest BCUT2D eigenvalue weighted by molar-refractivity contribution is -0.139. The lowest BCUT2D eigenvalue weighted by atomic mass is 10.0. The zero-order valence-corrected chi connectivity index (χ0v) is 21.3. The minimum absolute atomic E-state index is 0.0324. The summed E-state index contributed by atoms with van der Waals surface area (Å²) in [5.74, 6) is -0.760. The molecule has 1 aliphatic rings. The number of benzene rings is 2. The first-order valence-corrected chi connectivity index (χ1v) is 13.4. The molecule has 1 fully saturated rings. The van der Waals surface area contributed by atoms with Crippen LogP contribution in [0.1, 0.15) is 43.4 Å². The van der Waals surface area contributed by atoms with Crippen molar-refractivity contribution in [1.82, 2.24) is 19.7 Å². The van der Waals surface area contributed by atoms with Gasteiger partial charge in [0.05, 0.1) is 0 Å². The van der Waals surface area contributed by atoms with Crippen LogP contribution in [0.4, 0.5) is 0 Å². The van der Waals surface area contributed by atoms with Crippen molar-refractivity contribution in [1.29, 1.82) is 5.41 Å². The SMILES string of the molecule is CC(C)NS(=O)(=O)N[C@H](Cc1ccccc1)C(=O)N1CCC[C@H]1C(=O)NCc1ccc(C(=N)N)cc1. The summed E-state index contributed by atoms with van der Waals surface area (Å²) in [5.41, 5.74) is 7.71. The number of amidine groups is 1. The smallest absolute Gasteiger partial charge is 0.277 e. The fourth-order valence-electron chi connectivity index (χ4n) is 4.17. The predicted molar refractivity (Wildman–Crippen MR) is 138 cm³/mol. The second-order valence-corrected chi connectivity index (χ2v) is 10.6. The lowest BCUT2D eigenvalue weighted by Gasteiger charge is -2.29. The monoisotopic (exact) mass is 514 g/mol. The van der Waals surface area contributed by atoms with Crippen molar-refractivity contribution in [2.24, 2.45) is 5.73 Å². The molecule has 0 saturated carbocycles. The van der Waals surface area contributed by atoms with E-state index in [4.69, 9.17) is 11.1 Å². The summed E-state index contributed by atoms with van der Waals surface area (Å²) in [6, 6.07) is 14.0. The van der Waals surface area contributed by atoms with Crippen LogP contribution in [0.25, 0.3) is 0 Å². The summed E-state index contributed by atoms with van der Waals surface area (Å²) < 4.78 is 30.2. The number of nitrogens with zero attached hydrogens (tertiary/aromatic N) is 1. The van der Waals surface area contributed by atoms with Crippen LogP contribution in [0.5, 0.6) is 0 Å². The zero-order chi connectivity index (χ0) is 26.3. The molecule has 11 heteroatoms. The van der Waals surface area contributed by atoms with E-state index in [2.05, 4.69) is 14.8 Å². The summed E-state index contributed by atoms with van der Waals surface area (Å²) >= 11 is 0. The van der Waals surface area contributed by atoms with Crippen molar-refractivity contribution in [2.75, 3.05) is 6.54 Å². The summed E-state index contributed by atoms with van der Waals surface area (Å²) in [6.45, 7) is 4.02. The molecule has 1 saturated heterocycles. The third-order valence-corrected chi connectivity index (χ3v) is 7.22. The number of rotatable bonds is 11. The Kier molecular flexibility index (Phi) is 9.19. The minimum atomic E-state index is -3.94. The molecule has 194 valence electrons. The topological polar surface area (TPSA) is 157 Å². The molecule has 10 nitrogen and oxygen atoms in total. The highest BCUT2D eigenvalue weighted by Gasteiger charge is 2.38. The van der Waals surface area contributed by atoms with Gasteiger partial charge in [0.25, 0.3) is 10.2 Å². The molecule has 0 spiro atoms. The summed E-state index contributed by atoms with van der Waals surface area (Å²) in [5, 5.41) is 10.3. The first kappa shape index (κ1) is 27.3. The van der Waals surface area contributed by atoms with Crippen LogP contribution in [0.15, 0.2) is 54.6 Å². The van der Waals surface area contributed by atoms with E-state index in [0.29, 0.717) is 24.9 Å². The van der Waals surface area contributed by atoms with Crippen LogP contribution in [0.2, 0.25) is 0 Å². The van der Waals surface area contributed by atoms with E-state index in [1.54, 1.807) is 38.1 Å². The molecule has 1 heterocycles. The van der Waals surface area contributed by atoms with Crippen molar-refractivity contribution in [2.45, 2.75) is 57.8 Å². The Hall–Kier alpha value is -3.28. The largest absolute Gasteiger partial charge is 0.384 e. The number of amides is 2. The van der Waals surface area contributed by atoms with Gasteiger partial charge in [-0.25, -0.2) is 0 Å². The Balaban J connectivity index is 1.72. The number of hydrogen-bond donors (Lipinski definition) is 5. The summed E-state index contributed by atoms with van der Waals surface area (Å²) in [6.07, 6.45) is 1.30. The fourth-order valence-corrected chi connectivity index (χ4v) is 5.42. The van der Waals surface area contributed by atoms with Crippen LogP contribution in [-0.2, 0) is 32.8 Å². The Labute approximate surface area is 212 Å². The molecule has 2 aromatic carbocycles. The van der Waals surface area contributed by atoms with Gasteiger partial charge in [0, 0.05) is 24.7 Å². The molecule has 0 aromatic heterocycles. The molecular formula is C25H34N6O4S. The van der Waals surface area contributed by atoms with Crippen molar-refractivity contribution in [3.8, 4) is 0 Å². The summed E-state index contributed by atoms with van der Waals surface area (Å²) in [4.78, 5) is 28.0. The average molecular weight is 515 g/mol. The third kappa shape index (κ3) is 7.61. The van der Waals surface area contributed by atoms with Gasteiger partial charge in [0.1, 0.15) is 17.9 Å². The Bertz CT molecular complexity index is 1170. The van der Waals surface area contributed by atoms with Gasteiger partial charge in [0.2, 0.25) is 11.8 Å².